The summed E-state index contributed by atoms with van der Waals surface area (Å²) < 4.78 is 0. The van der Waals surface area contributed by atoms with Crippen LogP contribution in [0.15, 0.2) is 60.7 Å². The number of rotatable bonds is 2. The number of hydrogen-bond acceptors (Lipinski definition) is 2. The Balaban J connectivity index is 2.06. The summed E-state index contributed by atoms with van der Waals surface area (Å²) in [5, 5.41) is 15.3. The van der Waals surface area contributed by atoms with Crippen molar-refractivity contribution in [3.05, 3.63) is 66.2 Å². The number of benzene rings is 3. The molecule has 0 amide bonds. The van der Waals surface area contributed by atoms with Crippen LogP contribution >= 0.6 is 0 Å². The van der Waals surface area contributed by atoms with Gasteiger partial charge in [0.05, 0.1) is 0 Å². The van der Waals surface area contributed by atoms with Crippen molar-refractivity contribution < 1.29 is 5.11 Å². The first-order chi connectivity index (χ1) is 9.24. The van der Waals surface area contributed by atoms with Gasteiger partial charge in [0, 0.05) is 16.8 Å². The van der Waals surface area contributed by atoms with Crippen LogP contribution in [-0.2, 0) is 0 Å². The summed E-state index contributed by atoms with van der Waals surface area (Å²) in [4.78, 5) is 0. The number of hydrogen-bond donors (Lipinski definition) is 2. The summed E-state index contributed by atoms with van der Waals surface area (Å²) in [7, 11) is 0. The van der Waals surface area contributed by atoms with E-state index >= 15 is 0 Å². The molecule has 3 aromatic carbocycles. The fourth-order valence-electron chi connectivity index (χ4n) is 2.27. The minimum atomic E-state index is 0.293. The molecule has 2 heteroatoms. The summed E-state index contributed by atoms with van der Waals surface area (Å²) in [6.45, 7) is 1.98. The standard InChI is InChI=1S/C17H15NO/c1-12-11-14(19)9-10-16(12)18-17-8-4-6-13-5-2-3-7-15(13)17/h2-11,18-19H,1H3. The van der Waals surface area contributed by atoms with Crippen LogP contribution in [0.25, 0.3) is 10.8 Å². The van der Waals surface area contributed by atoms with Crippen LogP contribution in [0, 0.1) is 6.92 Å². The molecule has 0 aromatic heterocycles. The Morgan fingerprint density at radius 3 is 2.47 bits per heavy atom. The van der Waals surface area contributed by atoms with E-state index in [1.54, 1.807) is 12.1 Å². The topological polar surface area (TPSA) is 32.3 Å². The Bertz CT molecular complexity index is 729. The van der Waals surface area contributed by atoms with Gasteiger partial charge >= 0.3 is 0 Å². The zero-order valence-electron chi connectivity index (χ0n) is 10.7. The largest absolute Gasteiger partial charge is 0.508 e. The van der Waals surface area contributed by atoms with E-state index in [1.807, 2.05) is 31.2 Å². The lowest BCUT2D eigenvalue weighted by atomic mass is 10.1. The Labute approximate surface area is 112 Å². The lowest BCUT2D eigenvalue weighted by Gasteiger charge is -2.12. The van der Waals surface area contributed by atoms with Gasteiger partial charge in [-0.15, -0.1) is 0 Å². The monoisotopic (exact) mass is 249 g/mol. The molecule has 0 saturated heterocycles. The summed E-state index contributed by atoms with van der Waals surface area (Å²) in [6.07, 6.45) is 0. The molecule has 0 atom stereocenters. The second-order valence-electron chi connectivity index (χ2n) is 4.65. The molecular weight excluding hydrogens is 234 g/mol. The third-order valence-electron chi connectivity index (χ3n) is 3.27. The van der Waals surface area contributed by atoms with E-state index in [4.69, 9.17) is 0 Å². The highest BCUT2D eigenvalue weighted by Crippen LogP contribution is 2.28. The third kappa shape index (κ3) is 2.25. The summed E-state index contributed by atoms with van der Waals surface area (Å²) in [5.74, 6) is 0.293. The number of aryl methyl sites for hydroxylation is 1. The van der Waals surface area contributed by atoms with Crippen LogP contribution in [0.2, 0.25) is 0 Å². The summed E-state index contributed by atoms with van der Waals surface area (Å²) >= 11 is 0. The normalized spacial score (nSPS) is 10.6. The Kier molecular flexibility index (Phi) is 2.84. The van der Waals surface area contributed by atoms with E-state index in [1.165, 1.54) is 10.8 Å². The van der Waals surface area contributed by atoms with Crippen LogP contribution in [0.5, 0.6) is 5.75 Å². The molecule has 0 saturated carbocycles. The molecule has 0 spiro atoms. The van der Waals surface area contributed by atoms with Crippen molar-refractivity contribution in [3.8, 4) is 5.75 Å². The first kappa shape index (κ1) is 11.6. The van der Waals surface area contributed by atoms with E-state index < -0.39 is 0 Å². The lowest BCUT2D eigenvalue weighted by molar-refractivity contribution is 0.475. The second-order valence-corrected chi connectivity index (χ2v) is 4.65. The van der Waals surface area contributed by atoms with Crippen molar-refractivity contribution in [2.24, 2.45) is 0 Å². The van der Waals surface area contributed by atoms with Crippen LogP contribution in [0.1, 0.15) is 5.56 Å². The van der Waals surface area contributed by atoms with Crippen molar-refractivity contribution in [3.63, 3.8) is 0 Å². The highest BCUT2D eigenvalue weighted by Gasteiger charge is 2.03. The second kappa shape index (κ2) is 4.65. The van der Waals surface area contributed by atoms with Gasteiger partial charge in [-0.25, -0.2) is 0 Å². The summed E-state index contributed by atoms with van der Waals surface area (Å²) in [5.41, 5.74) is 3.11. The molecule has 0 aliphatic carbocycles. The van der Waals surface area contributed by atoms with Gasteiger partial charge in [0.1, 0.15) is 5.75 Å². The van der Waals surface area contributed by atoms with Crippen molar-refractivity contribution in [2.45, 2.75) is 6.92 Å². The van der Waals surface area contributed by atoms with Crippen LogP contribution in [0.3, 0.4) is 0 Å². The fourth-order valence-corrected chi connectivity index (χ4v) is 2.27. The van der Waals surface area contributed by atoms with Crippen LogP contribution < -0.4 is 5.32 Å². The molecule has 3 rings (SSSR count). The van der Waals surface area contributed by atoms with Crippen molar-refractivity contribution in [2.75, 3.05) is 5.32 Å². The minimum absolute atomic E-state index is 0.293. The van der Waals surface area contributed by atoms with Gasteiger partial charge in [-0.05, 0) is 42.1 Å². The highest BCUT2D eigenvalue weighted by atomic mass is 16.3. The molecule has 0 unspecified atom stereocenters. The maximum absolute atomic E-state index is 9.45. The Hall–Kier alpha value is -2.48. The average molecular weight is 249 g/mol. The van der Waals surface area contributed by atoms with E-state index in [0.29, 0.717) is 5.75 Å². The Morgan fingerprint density at radius 1 is 0.842 bits per heavy atom. The molecule has 3 aromatic rings. The maximum Gasteiger partial charge on any atom is 0.115 e. The van der Waals surface area contributed by atoms with E-state index in [-0.39, 0.29) is 0 Å². The number of aromatic hydroxyl groups is 1. The molecule has 2 nitrogen and oxygen atoms in total. The van der Waals surface area contributed by atoms with Crippen LogP contribution in [0.4, 0.5) is 11.4 Å². The number of phenols is 1. The predicted molar refractivity (Wildman–Crippen MR) is 80.1 cm³/mol. The zero-order chi connectivity index (χ0) is 13.2. The SMILES string of the molecule is Cc1cc(O)ccc1Nc1cccc2ccccc12. The van der Waals surface area contributed by atoms with Gasteiger partial charge in [0.15, 0.2) is 0 Å². The van der Waals surface area contributed by atoms with E-state index in [2.05, 4.69) is 29.6 Å². The Morgan fingerprint density at radius 2 is 1.63 bits per heavy atom. The molecule has 94 valence electrons. The van der Waals surface area contributed by atoms with E-state index in [0.717, 1.165) is 16.9 Å². The zero-order valence-corrected chi connectivity index (χ0v) is 10.7. The van der Waals surface area contributed by atoms with Gasteiger partial charge in [0.2, 0.25) is 0 Å². The molecule has 0 radical (unpaired) electrons. The van der Waals surface area contributed by atoms with Crippen molar-refractivity contribution >= 4 is 22.1 Å². The first-order valence-electron chi connectivity index (χ1n) is 6.28. The van der Waals surface area contributed by atoms with Crippen molar-refractivity contribution in [1.29, 1.82) is 0 Å². The number of phenolic OH excluding ortho intramolecular Hbond substituents is 1. The molecule has 0 fully saturated rings. The van der Waals surface area contributed by atoms with E-state index in [9.17, 15) is 5.11 Å². The van der Waals surface area contributed by atoms with Gasteiger partial charge < -0.3 is 10.4 Å². The van der Waals surface area contributed by atoms with Crippen LogP contribution in [-0.4, -0.2) is 5.11 Å². The highest BCUT2D eigenvalue weighted by molar-refractivity contribution is 5.95. The number of anilines is 2. The third-order valence-corrected chi connectivity index (χ3v) is 3.27. The van der Waals surface area contributed by atoms with Gasteiger partial charge in [-0.2, -0.15) is 0 Å². The molecule has 0 heterocycles. The summed E-state index contributed by atoms with van der Waals surface area (Å²) in [6, 6.07) is 19.8. The molecule has 0 aliphatic heterocycles. The molecule has 0 bridgehead atoms. The predicted octanol–water partition coefficient (Wildman–Crippen LogP) is 4.60. The molecule has 19 heavy (non-hydrogen) atoms. The number of fused-ring (bicyclic) bond motifs is 1. The maximum atomic E-state index is 9.45. The smallest absolute Gasteiger partial charge is 0.115 e. The van der Waals surface area contributed by atoms with Gasteiger partial charge in [-0.3, -0.25) is 0 Å². The quantitative estimate of drug-likeness (QED) is 0.651. The first-order valence-corrected chi connectivity index (χ1v) is 6.28. The minimum Gasteiger partial charge on any atom is -0.508 e. The number of nitrogens with one attached hydrogen (secondary N) is 1. The van der Waals surface area contributed by atoms with Gasteiger partial charge in [-0.1, -0.05) is 36.4 Å². The molecule has 2 N–H and O–H groups in total. The molecule has 0 aliphatic rings. The molecular formula is C17H15NO. The fraction of sp³-hybridized carbons (Fsp3) is 0.0588. The average Bonchev–Trinajstić information content (AvgIpc) is 2.42. The van der Waals surface area contributed by atoms with Crippen molar-refractivity contribution in [1.82, 2.24) is 0 Å². The van der Waals surface area contributed by atoms with Gasteiger partial charge in [0.25, 0.3) is 0 Å². The lowest BCUT2D eigenvalue weighted by Crippen LogP contribution is -1.93.